The molecule has 0 unspecified atom stereocenters. The van der Waals surface area contributed by atoms with Crippen molar-refractivity contribution >= 4 is 34.9 Å². The highest BCUT2D eigenvalue weighted by molar-refractivity contribution is 6.30. The van der Waals surface area contributed by atoms with E-state index in [9.17, 15) is 18.4 Å². The molecule has 1 aliphatic heterocycles. The van der Waals surface area contributed by atoms with Gasteiger partial charge < -0.3 is 15.5 Å². The maximum atomic E-state index is 13.7. The Hall–Kier alpha value is -2.67. The summed E-state index contributed by atoms with van der Waals surface area (Å²) < 4.78 is 26.7. The molecule has 1 atom stereocenters. The van der Waals surface area contributed by atoms with E-state index in [0.29, 0.717) is 36.6 Å². The largest absolute Gasteiger partial charge is 0.325 e. The van der Waals surface area contributed by atoms with Crippen molar-refractivity contribution < 1.29 is 18.4 Å². The molecule has 2 aromatic carbocycles. The van der Waals surface area contributed by atoms with E-state index in [2.05, 4.69) is 10.6 Å². The number of hydrogen-bond acceptors (Lipinski definition) is 2. The molecule has 1 fully saturated rings. The summed E-state index contributed by atoms with van der Waals surface area (Å²) in [6.45, 7) is 2.82. The van der Waals surface area contributed by atoms with Gasteiger partial charge >= 0.3 is 6.03 Å². The lowest BCUT2D eigenvalue weighted by molar-refractivity contribution is -0.121. The highest BCUT2D eigenvalue weighted by atomic mass is 35.5. The molecule has 0 aromatic heterocycles. The fourth-order valence-electron chi connectivity index (χ4n) is 3.39. The molecule has 3 rings (SSSR count). The fraction of sp³-hybridized carbons (Fsp3) is 0.333. The SMILES string of the molecule is C[C@@H](C(=O)Nc1ccc(F)cc1F)C1CCN(C(=O)Nc2ccc(Cl)cc2)CC1. The van der Waals surface area contributed by atoms with Gasteiger partial charge in [0.05, 0.1) is 5.69 Å². The van der Waals surface area contributed by atoms with Crippen LogP contribution in [0, 0.1) is 23.5 Å². The minimum Gasteiger partial charge on any atom is -0.325 e. The minimum absolute atomic E-state index is 0.0389. The van der Waals surface area contributed by atoms with Gasteiger partial charge in [-0.3, -0.25) is 4.79 Å². The first kappa shape index (κ1) is 21.0. The second-order valence-corrected chi connectivity index (χ2v) is 7.60. The third-order valence-corrected chi connectivity index (χ3v) is 5.48. The van der Waals surface area contributed by atoms with E-state index in [4.69, 9.17) is 11.6 Å². The maximum Gasteiger partial charge on any atom is 0.321 e. The fourth-order valence-corrected chi connectivity index (χ4v) is 3.52. The predicted octanol–water partition coefficient (Wildman–Crippen LogP) is 5.14. The summed E-state index contributed by atoms with van der Waals surface area (Å²) in [5.41, 5.74) is 0.624. The van der Waals surface area contributed by atoms with Crippen LogP contribution >= 0.6 is 11.6 Å². The zero-order chi connectivity index (χ0) is 21.0. The van der Waals surface area contributed by atoms with Crippen LogP contribution in [0.5, 0.6) is 0 Å². The molecule has 1 heterocycles. The minimum atomic E-state index is -0.806. The lowest BCUT2D eigenvalue weighted by Gasteiger charge is -2.34. The summed E-state index contributed by atoms with van der Waals surface area (Å²) in [6.07, 6.45) is 1.32. The van der Waals surface area contributed by atoms with Crippen LogP contribution in [0.4, 0.5) is 25.0 Å². The first-order valence-electron chi connectivity index (χ1n) is 9.41. The monoisotopic (exact) mass is 421 g/mol. The van der Waals surface area contributed by atoms with Crippen LogP contribution in [0.15, 0.2) is 42.5 Å². The van der Waals surface area contributed by atoms with Crippen LogP contribution in [0.1, 0.15) is 19.8 Å². The number of amides is 3. The molecule has 2 N–H and O–H groups in total. The molecule has 0 aliphatic carbocycles. The number of rotatable bonds is 4. The Morgan fingerprint density at radius 1 is 1.07 bits per heavy atom. The number of piperidine rings is 1. The molecule has 2 aromatic rings. The van der Waals surface area contributed by atoms with Crippen molar-refractivity contribution in [2.45, 2.75) is 19.8 Å². The van der Waals surface area contributed by atoms with E-state index in [1.165, 1.54) is 6.07 Å². The van der Waals surface area contributed by atoms with E-state index in [1.807, 2.05) is 0 Å². The molecule has 0 bridgehead atoms. The molecule has 3 amide bonds. The smallest absolute Gasteiger partial charge is 0.321 e. The zero-order valence-corrected chi connectivity index (χ0v) is 16.7. The second-order valence-electron chi connectivity index (χ2n) is 7.16. The molecule has 5 nitrogen and oxygen atoms in total. The van der Waals surface area contributed by atoms with Crippen molar-refractivity contribution in [3.8, 4) is 0 Å². The van der Waals surface area contributed by atoms with Crippen molar-refractivity contribution in [2.75, 3.05) is 23.7 Å². The van der Waals surface area contributed by atoms with E-state index in [1.54, 1.807) is 36.1 Å². The van der Waals surface area contributed by atoms with Gasteiger partial charge in [0.1, 0.15) is 11.6 Å². The van der Waals surface area contributed by atoms with E-state index in [0.717, 1.165) is 12.1 Å². The van der Waals surface area contributed by atoms with Crippen LogP contribution < -0.4 is 10.6 Å². The third-order valence-electron chi connectivity index (χ3n) is 5.23. The predicted molar refractivity (Wildman–Crippen MR) is 109 cm³/mol. The number of benzene rings is 2. The van der Waals surface area contributed by atoms with Crippen molar-refractivity contribution in [2.24, 2.45) is 11.8 Å². The summed E-state index contributed by atoms with van der Waals surface area (Å²) in [7, 11) is 0. The maximum absolute atomic E-state index is 13.7. The quantitative estimate of drug-likeness (QED) is 0.718. The molecular weight excluding hydrogens is 400 g/mol. The Bertz CT molecular complexity index is 884. The Morgan fingerprint density at radius 2 is 1.72 bits per heavy atom. The molecule has 29 heavy (non-hydrogen) atoms. The number of anilines is 2. The average molecular weight is 422 g/mol. The van der Waals surface area contributed by atoms with E-state index in [-0.39, 0.29) is 29.5 Å². The Balaban J connectivity index is 1.50. The van der Waals surface area contributed by atoms with Crippen molar-refractivity contribution in [1.29, 1.82) is 0 Å². The lowest BCUT2D eigenvalue weighted by Crippen LogP contribution is -2.43. The zero-order valence-electron chi connectivity index (χ0n) is 15.9. The van der Waals surface area contributed by atoms with Crippen LogP contribution in [0.2, 0.25) is 5.02 Å². The lowest BCUT2D eigenvalue weighted by atomic mass is 9.85. The normalized spacial score (nSPS) is 15.7. The van der Waals surface area contributed by atoms with Gasteiger partial charge in [-0.2, -0.15) is 0 Å². The molecule has 8 heteroatoms. The van der Waals surface area contributed by atoms with Crippen LogP contribution in [-0.4, -0.2) is 29.9 Å². The van der Waals surface area contributed by atoms with Crippen LogP contribution in [-0.2, 0) is 4.79 Å². The number of likely N-dealkylation sites (tertiary alicyclic amines) is 1. The van der Waals surface area contributed by atoms with Crippen LogP contribution in [0.3, 0.4) is 0 Å². The highest BCUT2D eigenvalue weighted by Gasteiger charge is 2.30. The van der Waals surface area contributed by atoms with Crippen molar-refractivity contribution in [3.05, 3.63) is 59.1 Å². The summed E-state index contributed by atoms with van der Waals surface area (Å²) in [6, 6.07) is 9.71. The average Bonchev–Trinajstić information content (AvgIpc) is 2.71. The number of carbonyl (C=O) groups is 2. The number of hydrogen-bond donors (Lipinski definition) is 2. The summed E-state index contributed by atoms with van der Waals surface area (Å²) >= 11 is 5.84. The number of halogens is 3. The summed E-state index contributed by atoms with van der Waals surface area (Å²) in [5.74, 6) is -2.12. The van der Waals surface area contributed by atoms with Gasteiger partial charge in [-0.1, -0.05) is 18.5 Å². The van der Waals surface area contributed by atoms with Gasteiger partial charge in [0, 0.05) is 35.8 Å². The van der Waals surface area contributed by atoms with Crippen LogP contribution in [0.25, 0.3) is 0 Å². The highest BCUT2D eigenvalue weighted by Crippen LogP contribution is 2.27. The number of urea groups is 1. The van der Waals surface area contributed by atoms with Gasteiger partial charge in [-0.15, -0.1) is 0 Å². The van der Waals surface area contributed by atoms with E-state index >= 15 is 0 Å². The Kier molecular flexibility index (Phi) is 6.69. The topological polar surface area (TPSA) is 61.4 Å². The number of nitrogens with zero attached hydrogens (tertiary/aromatic N) is 1. The standard InChI is InChI=1S/C21H22ClF2N3O2/c1-13(20(28)26-19-7-4-16(23)12-18(19)24)14-8-10-27(11-9-14)21(29)25-17-5-2-15(22)3-6-17/h2-7,12-14H,8-11H2,1H3,(H,25,29)(H,26,28)/t13-/m1/s1. The molecule has 1 aliphatic rings. The molecule has 1 saturated heterocycles. The third kappa shape index (κ3) is 5.44. The van der Waals surface area contributed by atoms with Gasteiger partial charge in [-0.25, -0.2) is 13.6 Å². The molecule has 0 spiro atoms. The Morgan fingerprint density at radius 3 is 2.34 bits per heavy atom. The van der Waals surface area contributed by atoms with Crippen molar-refractivity contribution in [1.82, 2.24) is 4.90 Å². The first-order valence-corrected chi connectivity index (χ1v) is 9.78. The van der Waals surface area contributed by atoms with Crippen molar-refractivity contribution in [3.63, 3.8) is 0 Å². The number of carbonyl (C=O) groups excluding carboxylic acids is 2. The summed E-state index contributed by atoms with van der Waals surface area (Å²) in [4.78, 5) is 26.6. The molecule has 0 saturated carbocycles. The summed E-state index contributed by atoms with van der Waals surface area (Å²) in [5, 5.41) is 5.94. The Labute approximate surface area is 173 Å². The second kappa shape index (κ2) is 9.22. The van der Waals surface area contributed by atoms with Gasteiger partial charge in [-0.05, 0) is 55.2 Å². The van der Waals surface area contributed by atoms with Gasteiger partial charge in [0.2, 0.25) is 5.91 Å². The molecule has 154 valence electrons. The first-order chi connectivity index (χ1) is 13.8. The molecule has 0 radical (unpaired) electrons. The van der Waals surface area contributed by atoms with E-state index < -0.39 is 11.6 Å². The van der Waals surface area contributed by atoms with Gasteiger partial charge in [0.25, 0.3) is 0 Å². The number of nitrogens with one attached hydrogen (secondary N) is 2. The molecular formula is C21H22ClF2N3O2. The van der Waals surface area contributed by atoms with Gasteiger partial charge in [0.15, 0.2) is 0 Å².